The summed E-state index contributed by atoms with van der Waals surface area (Å²) in [6, 6.07) is 2.04. The Labute approximate surface area is 141 Å². The minimum Gasteiger partial charge on any atom is -0.353 e. The molecule has 1 aliphatic rings. The molecule has 0 atom stereocenters. The number of aromatic nitrogens is 4. The van der Waals surface area contributed by atoms with Gasteiger partial charge in [-0.05, 0) is 13.8 Å². The smallest absolute Gasteiger partial charge is 0.239 e. The minimum atomic E-state index is -0.00893. The number of rotatable bonds is 5. The van der Waals surface area contributed by atoms with Crippen LogP contribution in [0.3, 0.4) is 0 Å². The van der Waals surface area contributed by atoms with E-state index in [0.29, 0.717) is 6.54 Å². The van der Waals surface area contributed by atoms with Crippen LogP contribution in [0.5, 0.6) is 0 Å². The molecule has 0 radical (unpaired) electrons. The SMILES string of the molecule is CC(C)n1nccc1NC(=O)CN1CCN(c2cnccn2)CC1. The zero-order chi connectivity index (χ0) is 16.9. The number of carbonyl (C=O) groups is 1. The minimum absolute atomic E-state index is 0.00893. The van der Waals surface area contributed by atoms with Crippen molar-refractivity contribution in [1.29, 1.82) is 0 Å². The molecule has 3 rings (SSSR count). The van der Waals surface area contributed by atoms with E-state index in [1.54, 1.807) is 24.8 Å². The second kappa shape index (κ2) is 7.39. The van der Waals surface area contributed by atoms with E-state index in [1.807, 2.05) is 24.6 Å². The van der Waals surface area contributed by atoms with Gasteiger partial charge in [-0.3, -0.25) is 14.7 Å². The average molecular weight is 329 g/mol. The van der Waals surface area contributed by atoms with Crippen molar-refractivity contribution in [2.45, 2.75) is 19.9 Å². The highest BCUT2D eigenvalue weighted by Crippen LogP contribution is 2.14. The molecule has 1 saturated heterocycles. The Bertz CT molecular complexity index is 662. The van der Waals surface area contributed by atoms with E-state index in [0.717, 1.165) is 37.8 Å². The highest BCUT2D eigenvalue weighted by Gasteiger charge is 2.20. The lowest BCUT2D eigenvalue weighted by atomic mass is 10.3. The summed E-state index contributed by atoms with van der Waals surface area (Å²) in [5.41, 5.74) is 0. The van der Waals surface area contributed by atoms with Crippen LogP contribution in [-0.4, -0.2) is 63.3 Å². The van der Waals surface area contributed by atoms with Crippen molar-refractivity contribution in [1.82, 2.24) is 24.6 Å². The normalized spacial score (nSPS) is 15.7. The summed E-state index contributed by atoms with van der Waals surface area (Å²) >= 11 is 0. The summed E-state index contributed by atoms with van der Waals surface area (Å²) in [5, 5.41) is 7.17. The van der Waals surface area contributed by atoms with Crippen LogP contribution < -0.4 is 10.2 Å². The van der Waals surface area contributed by atoms with E-state index in [4.69, 9.17) is 0 Å². The largest absolute Gasteiger partial charge is 0.353 e. The third kappa shape index (κ3) is 3.88. The second-order valence-corrected chi connectivity index (χ2v) is 6.13. The molecule has 0 spiro atoms. The van der Waals surface area contributed by atoms with Gasteiger partial charge < -0.3 is 10.2 Å². The third-order valence-corrected chi connectivity index (χ3v) is 4.04. The van der Waals surface area contributed by atoms with Gasteiger partial charge in [0.2, 0.25) is 5.91 Å². The Morgan fingerprint density at radius 2 is 2.00 bits per heavy atom. The predicted molar refractivity (Wildman–Crippen MR) is 91.9 cm³/mol. The molecule has 0 bridgehead atoms. The fraction of sp³-hybridized carbons (Fsp3) is 0.500. The molecule has 2 aromatic heterocycles. The van der Waals surface area contributed by atoms with Crippen LogP contribution in [0.15, 0.2) is 30.9 Å². The molecule has 8 nitrogen and oxygen atoms in total. The van der Waals surface area contributed by atoms with Crippen LogP contribution in [0.4, 0.5) is 11.6 Å². The van der Waals surface area contributed by atoms with E-state index in [1.165, 1.54) is 0 Å². The summed E-state index contributed by atoms with van der Waals surface area (Å²) in [7, 11) is 0. The van der Waals surface area contributed by atoms with Crippen LogP contribution in [0.2, 0.25) is 0 Å². The van der Waals surface area contributed by atoms with Gasteiger partial charge in [-0.25, -0.2) is 9.67 Å². The Hall–Kier alpha value is -2.48. The molecule has 1 amide bonds. The van der Waals surface area contributed by atoms with Gasteiger partial charge in [0.1, 0.15) is 11.6 Å². The fourth-order valence-corrected chi connectivity index (χ4v) is 2.80. The summed E-state index contributed by atoms with van der Waals surface area (Å²) in [5.74, 6) is 1.63. The van der Waals surface area contributed by atoms with Gasteiger partial charge in [-0.15, -0.1) is 0 Å². The molecule has 24 heavy (non-hydrogen) atoms. The Morgan fingerprint density at radius 1 is 1.21 bits per heavy atom. The van der Waals surface area contributed by atoms with Crippen LogP contribution in [-0.2, 0) is 4.79 Å². The monoisotopic (exact) mass is 329 g/mol. The number of hydrogen-bond donors (Lipinski definition) is 1. The molecule has 3 heterocycles. The zero-order valence-corrected chi connectivity index (χ0v) is 14.1. The molecular weight excluding hydrogens is 306 g/mol. The molecule has 0 aliphatic carbocycles. The number of piperazine rings is 1. The predicted octanol–water partition coefficient (Wildman–Crippen LogP) is 1.01. The van der Waals surface area contributed by atoms with Gasteiger partial charge >= 0.3 is 0 Å². The van der Waals surface area contributed by atoms with E-state index in [9.17, 15) is 4.79 Å². The van der Waals surface area contributed by atoms with E-state index >= 15 is 0 Å². The van der Waals surface area contributed by atoms with E-state index < -0.39 is 0 Å². The van der Waals surface area contributed by atoms with Crippen molar-refractivity contribution < 1.29 is 4.79 Å². The molecule has 128 valence electrons. The number of carbonyl (C=O) groups excluding carboxylic acids is 1. The quantitative estimate of drug-likeness (QED) is 0.882. The van der Waals surface area contributed by atoms with Gasteiger partial charge in [-0.2, -0.15) is 5.10 Å². The van der Waals surface area contributed by atoms with E-state index in [-0.39, 0.29) is 11.9 Å². The average Bonchev–Trinajstić information content (AvgIpc) is 3.04. The topological polar surface area (TPSA) is 79.2 Å². The van der Waals surface area contributed by atoms with Crippen LogP contribution in [0.25, 0.3) is 0 Å². The Morgan fingerprint density at radius 3 is 2.67 bits per heavy atom. The first-order valence-corrected chi connectivity index (χ1v) is 8.20. The lowest BCUT2D eigenvalue weighted by Gasteiger charge is -2.34. The van der Waals surface area contributed by atoms with Gasteiger partial charge in [-0.1, -0.05) is 0 Å². The molecule has 1 aliphatic heterocycles. The second-order valence-electron chi connectivity index (χ2n) is 6.13. The van der Waals surface area contributed by atoms with Gasteiger partial charge in [0.05, 0.1) is 18.9 Å². The van der Waals surface area contributed by atoms with Gasteiger partial charge in [0.25, 0.3) is 0 Å². The molecular formula is C16H23N7O. The van der Waals surface area contributed by atoms with Crippen molar-refractivity contribution in [3.63, 3.8) is 0 Å². The maximum absolute atomic E-state index is 12.3. The van der Waals surface area contributed by atoms with Crippen molar-refractivity contribution in [2.24, 2.45) is 0 Å². The number of nitrogens with zero attached hydrogens (tertiary/aromatic N) is 6. The molecule has 0 aromatic carbocycles. The maximum Gasteiger partial charge on any atom is 0.239 e. The summed E-state index contributed by atoms with van der Waals surface area (Å²) in [6.07, 6.45) is 6.85. The summed E-state index contributed by atoms with van der Waals surface area (Å²) < 4.78 is 1.81. The van der Waals surface area contributed by atoms with Crippen LogP contribution in [0, 0.1) is 0 Å². The van der Waals surface area contributed by atoms with Gasteiger partial charge in [0, 0.05) is 50.7 Å². The highest BCUT2D eigenvalue weighted by atomic mass is 16.2. The number of anilines is 2. The fourth-order valence-electron chi connectivity index (χ4n) is 2.80. The first-order valence-electron chi connectivity index (χ1n) is 8.20. The highest BCUT2D eigenvalue weighted by molar-refractivity contribution is 5.91. The van der Waals surface area contributed by atoms with Gasteiger partial charge in [0.15, 0.2) is 0 Å². The molecule has 1 fully saturated rings. The number of hydrogen-bond acceptors (Lipinski definition) is 6. The zero-order valence-electron chi connectivity index (χ0n) is 14.1. The van der Waals surface area contributed by atoms with Crippen molar-refractivity contribution >= 4 is 17.5 Å². The van der Waals surface area contributed by atoms with Crippen molar-refractivity contribution in [3.05, 3.63) is 30.9 Å². The molecule has 0 unspecified atom stereocenters. The standard InChI is InChI=1S/C16H23N7O/c1-13(2)23-14(3-4-19-23)20-16(24)12-21-7-9-22(10-8-21)15-11-17-5-6-18-15/h3-6,11,13H,7-10,12H2,1-2H3,(H,20,24). The van der Waals surface area contributed by atoms with Crippen molar-refractivity contribution in [3.8, 4) is 0 Å². The Kier molecular flexibility index (Phi) is 5.05. The van der Waals surface area contributed by atoms with Crippen LogP contribution in [0.1, 0.15) is 19.9 Å². The third-order valence-electron chi connectivity index (χ3n) is 4.04. The lowest BCUT2D eigenvalue weighted by Crippen LogP contribution is -2.49. The molecule has 8 heteroatoms. The Balaban J connectivity index is 1.49. The first-order chi connectivity index (χ1) is 11.6. The number of amides is 1. The summed E-state index contributed by atoms with van der Waals surface area (Å²) in [4.78, 5) is 25.0. The molecule has 0 saturated carbocycles. The number of nitrogens with one attached hydrogen (secondary N) is 1. The van der Waals surface area contributed by atoms with Crippen LogP contribution >= 0.6 is 0 Å². The molecule has 1 N–H and O–H groups in total. The first kappa shape index (κ1) is 16.4. The summed E-state index contributed by atoms with van der Waals surface area (Å²) in [6.45, 7) is 7.80. The van der Waals surface area contributed by atoms with Crippen molar-refractivity contribution in [2.75, 3.05) is 42.9 Å². The lowest BCUT2D eigenvalue weighted by molar-refractivity contribution is -0.117. The molecule has 2 aromatic rings. The maximum atomic E-state index is 12.3. The van der Waals surface area contributed by atoms with E-state index in [2.05, 4.69) is 30.2 Å².